The molecular weight excluding hydrogens is 496 g/mol. The van der Waals surface area contributed by atoms with Crippen LogP contribution < -0.4 is 20.9 Å². The van der Waals surface area contributed by atoms with Crippen molar-refractivity contribution < 1.29 is 23.2 Å². The summed E-state index contributed by atoms with van der Waals surface area (Å²) in [6.07, 6.45) is 0. The molecule has 1 aromatic heterocycles. The molecule has 1 saturated heterocycles. The Morgan fingerprint density at radius 1 is 0.895 bits per heavy atom. The fraction of sp³-hybridized carbons (Fsp3) is 0.269. The van der Waals surface area contributed by atoms with Gasteiger partial charge in [0, 0.05) is 63.9 Å². The first-order chi connectivity index (χ1) is 18.3. The number of benzene rings is 2. The van der Waals surface area contributed by atoms with Gasteiger partial charge in [-0.15, -0.1) is 0 Å². The molecule has 0 aliphatic carbocycles. The molecule has 10 nitrogen and oxygen atoms in total. The molecule has 2 heterocycles. The predicted molar refractivity (Wildman–Crippen MR) is 138 cm³/mol. The fourth-order valence-electron chi connectivity index (χ4n) is 3.95. The smallest absolute Gasteiger partial charge is 0.315 e. The van der Waals surface area contributed by atoms with E-state index in [1.54, 1.807) is 4.90 Å². The minimum atomic E-state index is -0.867. The molecule has 0 saturated carbocycles. The average Bonchev–Trinajstić information content (AvgIpc) is 2.91. The SMILES string of the molecule is CC(=O)NCCNc1cc(NC(=O)C(=O)N2CCN(c3ccc(F)cc3F)CC2)nc(-c2ccccc2)n1. The molecule has 1 aliphatic heterocycles. The number of nitrogens with zero attached hydrogens (tertiary/aromatic N) is 4. The molecule has 3 aromatic rings. The third-order valence-corrected chi connectivity index (χ3v) is 5.82. The van der Waals surface area contributed by atoms with Crippen molar-refractivity contribution in [3.05, 3.63) is 66.2 Å². The van der Waals surface area contributed by atoms with Crippen LogP contribution in [-0.4, -0.2) is 71.9 Å². The molecule has 4 rings (SSSR count). The first kappa shape index (κ1) is 26.5. The highest BCUT2D eigenvalue weighted by molar-refractivity contribution is 6.39. The van der Waals surface area contributed by atoms with Crippen molar-refractivity contribution >= 4 is 35.0 Å². The van der Waals surface area contributed by atoms with Gasteiger partial charge in [0.2, 0.25) is 5.91 Å². The molecule has 0 radical (unpaired) electrons. The van der Waals surface area contributed by atoms with E-state index in [1.165, 1.54) is 30.0 Å². The van der Waals surface area contributed by atoms with Gasteiger partial charge < -0.3 is 25.8 Å². The van der Waals surface area contributed by atoms with Crippen LogP contribution in [0.25, 0.3) is 11.4 Å². The van der Waals surface area contributed by atoms with Gasteiger partial charge in [0.15, 0.2) is 5.82 Å². The molecular formula is C26H27F2N7O3. The largest absolute Gasteiger partial charge is 0.368 e. The molecule has 0 unspecified atom stereocenters. The standard InChI is InChI=1S/C26H27F2N7O3/c1-17(36)29-9-10-30-22-16-23(32-24(31-22)18-5-3-2-4-6-18)33-25(37)26(38)35-13-11-34(12-14-35)21-8-7-19(27)15-20(21)28/h2-8,15-16H,9-14H2,1H3,(H,29,36)(H2,30,31,32,33,37). The Labute approximate surface area is 218 Å². The lowest BCUT2D eigenvalue weighted by molar-refractivity contribution is -0.143. The first-order valence-electron chi connectivity index (χ1n) is 12.0. The quantitative estimate of drug-likeness (QED) is 0.321. The van der Waals surface area contributed by atoms with E-state index in [-0.39, 0.29) is 43.6 Å². The van der Waals surface area contributed by atoms with Gasteiger partial charge in [-0.2, -0.15) is 0 Å². The number of rotatable bonds is 7. The average molecular weight is 524 g/mol. The zero-order valence-electron chi connectivity index (χ0n) is 20.7. The summed E-state index contributed by atoms with van der Waals surface area (Å²) in [6, 6.07) is 14.0. The van der Waals surface area contributed by atoms with Crippen LogP contribution in [0, 0.1) is 11.6 Å². The second kappa shape index (κ2) is 12.1. The van der Waals surface area contributed by atoms with Gasteiger partial charge in [-0.3, -0.25) is 14.4 Å². The van der Waals surface area contributed by atoms with Crippen LogP contribution in [0.4, 0.5) is 26.1 Å². The van der Waals surface area contributed by atoms with E-state index < -0.39 is 23.4 Å². The number of aromatic nitrogens is 2. The molecule has 38 heavy (non-hydrogen) atoms. The number of hydrogen-bond donors (Lipinski definition) is 3. The van der Waals surface area contributed by atoms with Gasteiger partial charge in [-0.1, -0.05) is 30.3 Å². The van der Waals surface area contributed by atoms with Crippen LogP contribution in [0.2, 0.25) is 0 Å². The maximum absolute atomic E-state index is 14.1. The zero-order chi connectivity index (χ0) is 27.1. The molecule has 3 N–H and O–H groups in total. The molecule has 198 valence electrons. The van der Waals surface area contributed by atoms with Crippen LogP contribution in [-0.2, 0) is 14.4 Å². The van der Waals surface area contributed by atoms with Crippen molar-refractivity contribution in [2.75, 3.05) is 54.8 Å². The lowest BCUT2D eigenvalue weighted by atomic mass is 10.2. The van der Waals surface area contributed by atoms with Crippen molar-refractivity contribution in [3.63, 3.8) is 0 Å². The van der Waals surface area contributed by atoms with Gasteiger partial charge in [-0.05, 0) is 12.1 Å². The summed E-state index contributed by atoms with van der Waals surface area (Å²) in [5, 5.41) is 8.30. The minimum Gasteiger partial charge on any atom is -0.368 e. The van der Waals surface area contributed by atoms with E-state index >= 15 is 0 Å². The highest BCUT2D eigenvalue weighted by Gasteiger charge is 2.27. The number of halogens is 2. The van der Waals surface area contributed by atoms with Gasteiger partial charge in [-0.25, -0.2) is 18.7 Å². The third kappa shape index (κ3) is 6.78. The van der Waals surface area contributed by atoms with Crippen LogP contribution >= 0.6 is 0 Å². The van der Waals surface area contributed by atoms with Crippen molar-refractivity contribution in [1.29, 1.82) is 0 Å². The van der Waals surface area contributed by atoms with E-state index in [2.05, 4.69) is 25.9 Å². The summed E-state index contributed by atoms with van der Waals surface area (Å²) in [5.74, 6) is -2.24. The molecule has 0 spiro atoms. The molecule has 0 atom stereocenters. The fourth-order valence-corrected chi connectivity index (χ4v) is 3.95. The second-order valence-corrected chi connectivity index (χ2v) is 8.57. The van der Waals surface area contributed by atoms with Crippen molar-refractivity contribution in [1.82, 2.24) is 20.2 Å². The lowest BCUT2D eigenvalue weighted by Gasteiger charge is -2.35. The summed E-state index contributed by atoms with van der Waals surface area (Å²) >= 11 is 0. The van der Waals surface area contributed by atoms with Crippen molar-refractivity contribution in [3.8, 4) is 11.4 Å². The monoisotopic (exact) mass is 523 g/mol. The minimum absolute atomic E-state index is 0.131. The number of carbonyl (C=O) groups excluding carboxylic acids is 3. The maximum atomic E-state index is 14.1. The van der Waals surface area contributed by atoms with Gasteiger partial charge in [0.1, 0.15) is 23.3 Å². The summed E-state index contributed by atoms with van der Waals surface area (Å²) in [7, 11) is 0. The maximum Gasteiger partial charge on any atom is 0.315 e. The number of anilines is 3. The topological polar surface area (TPSA) is 120 Å². The predicted octanol–water partition coefficient (Wildman–Crippen LogP) is 2.26. The van der Waals surface area contributed by atoms with Crippen molar-refractivity contribution in [2.45, 2.75) is 6.92 Å². The Hall–Kier alpha value is -4.61. The van der Waals surface area contributed by atoms with E-state index in [9.17, 15) is 23.2 Å². The Morgan fingerprint density at radius 2 is 1.61 bits per heavy atom. The summed E-state index contributed by atoms with van der Waals surface area (Å²) in [6.45, 7) is 3.13. The van der Waals surface area contributed by atoms with Crippen LogP contribution in [0.3, 0.4) is 0 Å². The molecule has 0 bridgehead atoms. The first-order valence-corrected chi connectivity index (χ1v) is 12.0. The molecule has 12 heteroatoms. The third-order valence-electron chi connectivity index (χ3n) is 5.82. The number of carbonyl (C=O) groups is 3. The second-order valence-electron chi connectivity index (χ2n) is 8.57. The van der Waals surface area contributed by atoms with E-state index in [0.717, 1.165) is 6.07 Å². The number of amides is 3. The van der Waals surface area contributed by atoms with Crippen LogP contribution in [0.5, 0.6) is 0 Å². The summed E-state index contributed by atoms with van der Waals surface area (Å²) in [5.41, 5.74) is 0.958. The van der Waals surface area contributed by atoms with Crippen LogP contribution in [0.15, 0.2) is 54.6 Å². The van der Waals surface area contributed by atoms with Crippen molar-refractivity contribution in [2.24, 2.45) is 0 Å². The van der Waals surface area contributed by atoms with E-state index in [0.29, 0.717) is 30.3 Å². The Bertz CT molecular complexity index is 1320. The normalized spacial score (nSPS) is 13.1. The highest BCUT2D eigenvalue weighted by atomic mass is 19.1. The molecule has 1 fully saturated rings. The number of nitrogens with one attached hydrogen (secondary N) is 3. The molecule has 1 aliphatic rings. The van der Waals surface area contributed by atoms with Gasteiger partial charge in [0.25, 0.3) is 0 Å². The molecule has 2 aromatic carbocycles. The Balaban J connectivity index is 1.42. The highest BCUT2D eigenvalue weighted by Crippen LogP contribution is 2.22. The van der Waals surface area contributed by atoms with Gasteiger partial charge in [0.05, 0.1) is 5.69 Å². The Kier molecular flexibility index (Phi) is 8.41. The number of hydrogen-bond acceptors (Lipinski definition) is 7. The van der Waals surface area contributed by atoms with E-state index in [1.807, 2.05) is 30.3 Å². The number of piperazine rings is 1. The molecule has 3 amide bonds. The zero-order valence-corrected chi connectivity index (χ0v) is 20.7. The Morgan fingerprint density at radius 3 is 2.29 bits per heavy atom. The van der Waals surface area contributed by atoms with E-state index in [4.69, 9.17) is 0 Å². The van der Waals surface area contributed by atoms with Gasteiger partial charge >= 0.3 is 11.8 Å². The van der Waals surface area contributed by atoms with Crippen LogP contribution in [0.1, 0.15) is 6.92 Å². The summed E-state index contributed by atoms with van der Waals surface area (Å²) < 4.78 is 27.3. The summed E-state index contributed by atoms with van der Waals surface area (Å²) in [4.78, 5) is 48.7. The lowest BCUT2D eigenvalue weighted by Crippen LogP contribution is -2.51.